The van der Waals surface area contributed by atoms with Crippen molar-refractivity contribution in [3.05, 3.63) is 77.6 Å². The molecule has 2 aliphatic carbocycles. The quantitative estimate of drug-likeness (QED) is 0.421. The molecule has 1 atom stereocenters. The average molecular weight is 445 g/mol. The number of carbonyl (C=O) groups is 2. The van der Waals surface area contributed by atoms with Crippen molar-refractivity contribution in [2.75, 3.05) is 0 Å². The summed E-state index contributed by atoms with van der Waals surface area (Å²) in [6, 6.07) is 16.9. The second-order valence-corrected chi connectivity index (χ2v) is 10.0. The van der Waals surface area contributed by atoms with Crippen molar-refractivity contribution >= 4 is 11.8 Å². The largest absolute Gasteiger partial charge is 0.507 e. The minimum atomic E-state index is -0.907. The molecule has 2 aromatic rings. The summed E-state index contributed by atoms with van der Waals surface area (Å²) in [5.74, 6) is 0.0737. The standard InChI is InChI=1S/C29H32O4/c30-24-15-7-6-14-22(24)26(31)29(18-10-3-11-19-29)25-20-23(21-12-4-1-5-13-21)28(27(32)33-25)16-8-2-9-17-28/h1,4-7,12-15,20,23,30H,2-3,8-11,16-19H2. The number of phenolic OH excluding ortho intramolecular Hbond substituents is 1. The Hall–Kier alpha value is -2.88. The Kier molecular flexibility index (Phi) is 5.86. The third kappa shape index (κ3) is 3.70. The number of rotatable bonds is 4. The fraction of sp³-hybridized carbons (Fsp3) is 0.448. The molecule has 33 heavy (non-hydrogen) atoms. The summed E-state index contributed by atoms with van der Waals surface area (Å²) in [4.78, 5) is 27.7. The van der Waals surface area contributed by atoms with Crippen molar-refractivity contribution in [1.82, 2.24) is 0 Å². The van der Waals surface area contributed by atoms with Gasteiger partial charge in [-0.2, -0.15) is 0 Å². The Balaban J connectivity index is 1.64. The van der Waals surface area contributed by atoms with E-state index in [1.165, 1.54) is 0 Å². The van der Waals surface area contributed by atoms with Gasteiger partial charge >= 0.3 is 5.97 Å². The first-order valence-corrected chi connectivity index (χ1v) is 12.4. The zero-order valence-electron chi connectivity index (χ0n) is 19.1. The van der Waals surface area contributed by atoms with Gasteiger partial charge in [0.15, 0.2) is 5.78 Å². The molecule has 0 bridgehead atoms. The lowest BCUT2D eigenvalue weighted by molar-refractivity contribution is -0.159. The smallest absolute Gasteiger partial charge is 0.318 e. The number of Topliss-reactive ketones (excluding diaryl/α,β-unsaturated/α-hetero) is 1. The van der Waals surface area contributed by atoms with Crippen LogP contribution < -0.4 is 0 Å². The molecule has 1 spiro atoms. The van der Waals surface area contributed by atoms with Crippen LogP contribution in [0.2, 0.25) is 0 Å². The maximum atomic E-state index is 14.0. The van der Waals surface area contributed by atoms with E-state index in [9.17, 15) is 14.7 Å². The lowest BCUT2D eigenvalue weighted by atomic mass is 9.60. The highest BCUT2D eigenvalue weighted by Crippen LogP contribution is 2.56. The molecule has 4 nitrogen and oxygen atoms in total. The SMILES string of the molecule is O=C(c1ccccc1O)C1(C2=CC(c3ccccc3)C3(CCCCC3)C(=O)O2)CCCCC1. The first kappa shape index (κ1) is 21.9. The molecule has 2 aromatic carbocycles. The maximum absolute atomic E-state index is 14.0. The second-order valence-electron chi connectivity index (χ2n) is 10.0. The van der Waals surface area contributed by atoms with Crippen LogP contribution in [-0.4, -0.2) is 16.9 Å². The van der Waals surface area contributed by atoms with Crippen molar-refractivity contribution in [3.8, 4) is 5.75 Å². The molecule has 0 radical (unpaired) electrons. The molecule has 0 aromatic heterocycles. The van der Waals surface area contributed by atoms with Gasteiger partial charge in [0.25, 0.3) is 0 Å². The molecular weight excluding hydrogens is 412 g/mol. The predicted molar refractivity (Wildman–Crippen MR) is 127 cm³/mol. The molecule has 1 heterocycles. The normalized spacial score (nSPS) is 24.1. The van der Waals surface area contributed by atoms with Gasteiger partial charge in [-0.1, -0.05) is 81.0 Å². The van der Waals surface area contributed by atoms with Crippen LogP contribution in [0.1, 0.15) is 86.0 Å². The minimum Gasteiger partial charge on any atom is -0.507 e. The third-order valence-corrected chi connectivity index (χ3v) is 8.19. The van der Waals surface area contributed by atoms with Crippen LogP contribution in [0.15, 0.2) is 66.4 Å². The summed E-state index contributed by atoms with van der Waals surface area (Å²) in [7, 11) is 0. The van der Waals surface area contributed by atoms with Gasteiger partial charge in [-0.05, 0) is 49.5 Å². The number of cyclic esters (lactones) is 1. The van der Waals surface area contributed by atoms with Gasteiger partial charge in [-0.25, -0.2) is 0 Å². The molecule has 1 N–H and O–H groups in total. The molecule has 172 valence electrons. The monoisotopic (exact) mass is 444 g/mol. The molecule has 2 fully saturated rings. The van der Waals surface area contributed by atoms with E-state index in [0.29, 0.717) is 24.2 Å². The van der Waals surface area contributed by atoms with E-state index in [4.69, 9.17) is 4.74 Å². The summed E-state index contributed by atoms with van der Waals surface area (Å²) in [6.45, 7) is 0. The molecule has 3 aliphatic rings. The molecule has 5 rings (SSSR count). The minimum absolute atomic E-state index is 0.0152. The second kappa shape index (κ2) is 8.81. The summed E-state index contributed by atoms with van der Waals surface area (Å²) in [5.41, 5.74) is -0.0486. The van der Waals surface area contributed by atoms with Gasteiger partial charge < -0.3 is 9.84 Å². The number of ketones is 1. The Labute approximate surface area is 195 Å². The highest BCUT2D eigenvalue weighted by molar-refractivity contribution is 6.04. The van der Waals surface area contributed by atoms with Crippen molar-refractivity contribution in [3.63, 3.8) is 0 Å². The van der Waals surface area contributed by atoms with E-state index >= 15 is 0 Å². The predicted octanol–water partition coefficient (Wildman–Crippen LogP) is 6.70. The average Bonchev–Trinajstić information content (AvgIpc) is 2.87. The van der Waals surface area contributed by atoms with Gasteiger partial charge in [0, 0.05) is 5.92 Å². The zero-order chi connectivity index (χ0) is 22.9. The van der Waals surface area contributed by atoms with Crippen molar-refractivity contribution in [2.24, 2.45) is 10.8 Å². The van der Waals surface area contributed by atoms with E-state index in [1.807, 2.05) is 18.2 Å². The molecule has 0 saturated heterocycles. The van der Waals surface area contributed by atoms with Gasteiger partial charge in [0.1, 0.15) is 11.5 Å². The number of benzene rings is 2. The van der Waals surface area contributed by atoms with Crippen LogP contribution in [0, 0.1) is 10.8 Å². The molecule has 0 amide bonds. The topological polar surface area (TPSA) is 63.6 Å². The Morgan fingerprint density at radius 1 is 0.818 bits per heavy atom. The van der Waals surface area contributed by atoms with Crippen molar-refractivity contribution < 1.29 is 19.4 Å². The molecular formula is C29H32O4. The first-order chi connectivity index (χ1) is 16.1. The lowest BCUT2D eigenvalue weighted by Crippen LogP contribution is -2.47. The fourth-order valence-corrected chi connectivity index (χ4v) is 6.37. The van der Waals surface area contributed by atoms with Crippen LogP contribution >= 0.6 is 0 Å². The van der Waals surface area contributed by atoms with Crippen LogP contribution in [0.25, 0.3) is 0 Å². The fourth-order valence-electron chi connectivity index (χ4n) is 6.37. The van der Waals surface area contributed by atoms with E-state index in [0.717, 1.165) is 56.9 Å². The first-order valence-electron chi connectivity index (χ1n) is 12.4. The van der Waals surface area contributed by atoms with Gasteiger partial charge in [-0.15, -0.1) is 0 Å². The molecule has 1 unspecified atom stereocenters. The lowest BCUT2D eigenvalue weighted by Gasteiger charge is -2.47. The number of phenols is 1. The van der Waals surface area contributed by atoms with Gasteiger partial charge in [0.2, 0.25) is 0 Å². The number of para-hydroxylation sites is 1. The molecule has 4 heteroatoms. The highest BCUT2D eigenvalue weighted by atomic mass is 16.5. The van der Waals surface area contributed by atoms with Crippen molar-refractivity contribution in [2.45, 2.75) is 70.1 Å². The van der Waals surface area contributed by atoms with Gasteiger partial charge in [-0.3, -0.25) is 9.59 Å². The van der Waals surface area contributed by atoms with Crippen LogP contribution in [0.5, 0.6) is 5.75 Å². The molecule has 2 saturated carbocycles. The molecule has 1 aliphatic heterocycles. The van der Waals surface area contributed by atoms with Crippen LogP contribution in [-0.2, 0) is 9.53 Å². The van der Waals surface area contributed by atoms with E-state index < -0.39 is 10.8 Å². The maximum Gasteiger partial charge on any atom is 0.318 e. The number of aromatic hydroxyl groups is 1. The number of allylic oxidation sites excluding steroid dienone is 2. The zero-order valence-corrected chi connectivity index (χ0v) is 19.1. The number of ether oxygens (including phenoxy) is 1. The number of esters is 1. The Morgan fingerprint density at radius 3 is 2.09 bits per heavy atom. The van der Waals surface area contributed by atoms with E-state index in [-0.39, 0.29) is 23.4 Å². The Bertz CT molecular complexity index is 1060. The van der Waals surface area contributed by atoms with Gasteiger partial charge in [0.05, 0.1) is 16.4 Å². The Morgan fingerprint density at radius 2 is 1.42 bits per heavy atom. The van der Waals surface area contributed by atoms with Crippen molar-refractivity contribution in [1.29, 1.82) is 0 Å². The third-order valence-electron chi connectivity index (χ3n) is 8.19. The van der Waals surface area contributed by atoms with E-state index in [1.54, 1.807) is 24.3 Å². The van der Waals surface area contributed by atoms with Crippen LogP contribution in [0.3, 0.4) is 0 Å². The summed E-state index contributed by atoms with van der Waals surface area (Å²) in [5, 5.41) is 10.5. The number of hydrogen-bond acceptors (Lipinski definition) is 4. The number of carbonyl (C=O) groups excluding carboxylic acids is 2. The summed E-state index contributed by atoms with van der Waals surface area (Å²) < 4.78 is 6.18. The summed E-state index contributed by atoms with van der Waals surface area (Å²) in [6.07, 6.45) is 11.0. The summed E-state index contributed by atoms with van der Waals surface area (Å²) >= 11 is 0. The number of hydrogen-bond donors (Lipinski definition) is 1. The van der Waals surface area contributed by atoms with E-state index in [2.05, 4.69) is 18.2 Å². The van der Waals surface area contributed by atoms with Crippen LogP contribution in [0.4, 0.5) is 0 Å². The highest BCUT2D eigenvalue weighted by Gasteiger charge is 2.55.